The van der Waals surface area contributed by atoms with Crippen molar-refractivity contribution < 1.29 is 14.7 Å². The van der Waals surface area contributed by atoms with Gasteiger partial charge in [-0.2, -0.15) is 4.68 Å². The molecule has 0 radical (unpaired) electrons. The minimum Gasteiger partial charge on any atom is -0.478 e. The maximum absolute atomic E-state index is 12.8. The van der Waals surface area contributed by atoms with Gasteiger partial charge in [0.25, 0.3) is 0 Å². The summed E-state index contributed by atoms with van der Waals surface area (Å²) < 4.78 is 1.82. The molecule has 1 aliphatic carbocycles. The molecule has 1 amide bonds. The topological polar surface area (TPSA) is 122 Å². The molecule has 2 aromatic rings. The number of hydrogen-bond acceptors (Lipinski definition) is 6. The Morgan fingerprint density at radius 2 is 1.94 bits per heavy atom. The highest BCUT2D eigenvalue weighted by molar-refractivity contribution is 5.89. The first-order valence-corrected chi connectivity index (χ1v) is 11.6. The van der Waals surface area contributed by atoms with Gasteiger partial charge in [0.05, 0.1) is 11.3 Å². The van der Waals surface area contributed by atoms with E-state index in [0.29, 0.717) is 11.7 Å². The van der Waals surface area contributed by atoms with Crippen LogP contribution in [0.15, 0.2) is 29.5 Å². The van der Waals surface area contributed by atoms with Gasteiger partial charge in [0.2, 0.25) is 5.91 Å². The summed E-state index contributed by atoms with van der Waals surface area (Å²) in [4.78, 5) is 24.0. The normalized spacial score (nSPS) is 23.7. The van der Waals surface area contributed by atoms with E-state index in [-0.39, 0.29) is 17.5 Å². The van der Waals surface area contributed by atoms with Gasteiger partial charge in [0.15, 0.2) is 5.82 Å². The largest absolute Gasteiger partial charge is 0.478 e. The molecule has 0 bridgehead atoms. The first-order chi connectivity index (χ1) is 15.7. The number of nitrogens with one attached hydrogen (secondary N) is 2. The van der Waals surface area contributed by atoms with Crippen LogP contribution in [-0.4, -0.2) is 43.2 Å². The van der Waals surface area contributed by atoms with Gasteiger partial charge in [-0.3, -0.25) is 4.79 Å². The van der Waals surface area contributed by atoms with Crippen LogP contribution >= 0.6 is 0 Å². The quantitative estimate of drug-likeness (QED) is 0.576. The number of carbonyl (C=O) groups is 2. The molecular weight excluding hydrogens is 420 g/mol. The number of aromatic nitrogens is 4. The van der Waals surface area contributed by atoms with E-state index >= 15 is 0 Å². The Labute approximate surface area is 193 Å². The van der Waals surface area contributed by atoms with Gasteiger partial charge in [-0.05, 0) is 80.5 Å². The van der Waals surface area contributed by atoms with E-state index in [4.69, 9.17) is 5.11 Å². The number of fused-ring (bicyclic) bond motifs is 3. The van der Waals surface area contributed by atoms with Crippen LogP contribution in [0.4, 0.5) is 0 Å². The lowest BCUT2D eigenvalue weighted by atomic mass is 9.73. The van der Waals surface area contributed by atoms with E-state index in [1.54, 1.807) is 6.92 Å². The molecule has 0 unspecified atom stereocenters. The zero-order valence-corrected chi connectivity index (χ0v) is 19.7. The van der Waals surface area contributed by atoms with Crippen LogP contribution in [0, 0.1) is 5.41 Å². The number of benzene rings is 1. The van der Waals surface area contributed by atoms with Crippen molar-refractivity contribution in [3.05, 3.63) is 46.4 Å². The Morgan fingerprint density at radius 1 is 1.21 bits per heavy atom. The van der Waals surface area contributed by atoms with E-state index in [9.17, 15) is 9.59 Å². The average molecular weight is 453 g/mol. The number of rotatable bonds is 6. The van der Waals surface area contributed by atoms with Crippen molar-refractivity contribution in [1.82, 2.24) is 30.8 Å². The van der Waals surface area contributed by atoms with Crippen molar-refractivity contribution in [3.8, 4) is 5.69 Å². The zero-order chi connectivity index (χ0) is 23.8. The summed E-state index contributed by atoms with van der Waals surface area (Å²) >= 11 is 0. The number of aliphatic carboxylic acids is 1. The number of aryl methyl sites for hydroxylation is 2. The number of amides is 1. The second-order valence-corrected chi connectivity index (χ2v) is 9.63. The van der Waals surface area contributed by atoms with Crippen molar-refractivity contribution >= 4 is 11.9 Å². The highest BCUT2D eigenvalue weighted by Crippen LogP contribution is 2.37. The number of tetrazole rings is 1. The van der Waals surface area contributed by atoms with Gasteiger partial charge in [0.1, 0.15) is 0 Å². The molecule has 9 heteroatoms. The van der Waals surface area contributed by atoms with Gasteiger partial charge in [-0.25, -0.2) is 4.79 Å². The smallest absolute Gasteiger partial charge is 0.333 e. The average Bonchev–Trinajstić information content (AvgIpc) is 3.29. The van der Waals surface area contributed by atoms with Crippen LogP contribution in [0.3, 0.4) is 0 Å². The van der Waals surface area contributed by atoms with Crippen LogP contribution < -0.4 is 10.6 Å². The summed E-state index contributed by atoms with van der Waals surface area (Å²) in [6.07, 6.45) is 5.09. The molecule has 2 heterocycles. The number of allylic oxidation sites excluding steroid dienone is 1. The molecule has 176 valence electrons. The summed E-state index contributed by atoms with van der Waals surface area (Å²) in [7, 11) is 0. The van der Waals surface area contributed by atoms with E-state index in [0.717, 1.165) is 50.0 Å². The second-order valence-electron chi connectivity index (χ2n) is 9.63. The fourth-order valence-corrected chi connectivity index (χ4v) is 4.75. The maximum atomic E-state index is 12.8. The van der Waals surface area contributed by atoms with Crippen molar-refractivity contribution in [2.75, 3.05) is 0 Å². The third-order valence-corrected chi connectivity index (χ3v) is 7.29. The standard InChI is InChI=1S/C24H32N6O3/c1-14(22(31)32)15(2)26-23(33)24(4)11-9-19(10-12-24)25-16(3)17-5-7-20-18(13-17)6-8-21-27-28-29-30(20)21/h5,7,13,16,19,25H,6,8-12H2,1-4H3,(H,26,33)(H,31,32)/b15-14+/t16-,19-,24-/m1/s1. The first kappa shape index (κ1) is 23.1. The minimum atomic E-state index is -1.01. The number of carbonyl (C=O) groups excluding carboxylic acids is 1. The molecule has 4 rings (SSSR count). The van der Waals surface area contributed by atoms with Gasteiger partial charge in [-0.15, -0.1) is 5.10 Å². The van der Waals surface area contributed by atoms with Gasteiger partial charge in [0, 0.05) is 29.6 Å². The molecule has 9 nitrogen and oxygen atoms in total. The van der Waals surface area contributed by atoms with Crippen LogP contribution in [0.2, 0.25) is 0 Å². The summed E-state index contributed by atoms with van der Waals surface area (Å²) in [6.45, 7) is 7.29. The molecule has 2 aliphatic rings. The van der Waals surface area contributed by atoms with Gasteiger partial charge in [-0.1, -0.05) is 19.1 Å². The van der Waals surface area contributed by atoms with E-state index < -0.39 is 11.4 Å². The Bertz CT molecular complexity index is 1100. The first-order valence-electron chi connectivity index (χ1n) is 11.6. The molecule has 1 fully saturated rings. The Kier molecular flexibility index (Phi) is 6.34. The Hall–Kier alpha value is -3.07. The summed E-state index contributed by atoms with van der Waals surface area (Å²) in [5, 5.41) is 27.6. The monoisotopic (exact) mass is 452 g/mol. The van der Waals surface area contributed by atoms with Crippen LogP contribution in [-0.2, 0) is 22.4 Å². The molecule has 33 heavy (non-hydrogen) atoms. The lowest BCUT2D eigenvalue weighted by Crippen LogP contribution is -2.45. The fourth-order valence-electron chi connectivity index (χ4n) is 4.75. The van der Waals surface area contributed by atoms with Gasteiger partial charge < -0.3 is 15.7 Å². The van der Waals surface area contributed by atoms with Crippen molar-refractivity contribution in [2.24, 2.45) is 5.41 Å². The Balaban J connectivity index is 1.35. The van der Waals surface area contributed by atoms with Crippen molar-refractivity contribution in [1.29, 1.82) is 0 Å². The van der Waals surface area contributed by atoms with Crippen LogP contribution in [0.5, 0.6) is 0 Å². The molecule has 1 saturated carbocycles. The van der Waals surface area contributed by atoms with Crippen LogP contribution in [0.25, 0.3) is 5.69 Å². The third-order valence-electron chi connectivity index (χ3n) is 7.29. The third kappa shape index (κ3) is 4.68. The number of carboxylic acid groups (broad SMARTS) is 1. The fraction of sp³-hybridized carbons (Fsp3) is 0.542. The van der Waals surface area contributed by atoms with E-state index in [1.807, 2.05) is 11.6 Å². The molecule has 3 N–H and O–H groups in total. The lowest BCUT2D eigenvalue weighted by Gasteiger charge is -2.37. The maximum Gasteiger partial charge on any atom is 0.333 e. The number of hydrogen-bond donors (Lipinski definition) is 3. The lowest BCUT2D eigenvalue weighted by molar-refractivity contribution is -0.132. The second kappa shape index (κ2) is 9.05. The van der Waals surface area contributed by atoms with E-state index in [1.165, 1.54) is 18.1 Å². The summed E-state index contributed by atoms with van der Waals surface area (Å²) in [5.41, 5.74) is 3.63. The van der Waals surface area contributed by atoms with E-state index in [2.05, 4.69) is 51.3 Å². The molecule has 1 atom stereocenters. The summed E-state index contributed by atoms with van der Waals surface area (Å²) in [6, 6.07) is 7.00. The van der Waals surface area contributed by atoms with Gasteiger partial charge >= 0.3 is 5.97 Å². The Morgan fingerprint density at radius 3 is 2.64 bits per heavy atom. The number of nitrogens with zero attached hydrogens (tertiary/aromatic N) is 4. The van der Waals surface area contributed by atoms with Crippen LogP contribution in [0.1, 0.15) is 76.4 Å². The molecule has 1 aliphatic heterocycles. The predicted molar refractivity (Wildman–Crippen MR) is 123 cm³/mol. The summed E-state index contributed by atoms with van der Waals surface area (Å²) in [5.74, 6) is -0.205. The van der Waals surface area contributed by atoms with Crippen molar-refractivity contribution in [2.45, 2.75) is 78.3 Å². The molecule has 0 saturated heterocycles. The highest BCUT2D eigenvalue weighted by atomic mass is 16.4. The molecule has 1 aromatic heterocycles. The predicted octanol–water partition coefficient (Wildman–Crippen LogP) is 2.86. The zero-order valence-electron chi connectivity index (χ0n) is 19.7. The molecule has 0 spiro atoms. The number of carboxylic acids is 1. The molecular formula is C24H32N6O3. The minimum absolute atomic E-state index is 0.0937. The highest BCUT2D eigenvalue weighted by Gasteiger charge is 2.38. The SMILES string of the molecule is C/C(NC(=O)[C@]1(C)CC[C@@H](N[C@H](C)c2ccc3c(c2)CCc2nnnn2-3)CC1)=C(/C)C(=O)O. The molecule has 1 aromatic carbocycles. The van der Waals surface area contributed by atoms with Crippen molar-refractivity contribution in [3.63, 3.8) is 0 Å².